The molecule has 0 spiro atoms. The Morgan fingerprint density at radius 1 is 1.00 bits per heavy atom. The molecule has 0 unspecified atom stereocenters. The first-order chi connectivity index (χ1) is 12.6. The molecule has 136 valence electrons. The molecule has 2 aromatic rings. The SMILES string of the molecule is O=C(C[C@H](NC(=O)c1ccccc1Cl)c1ccccc1)NC1CCCC1. The minimum Gasteiger partial charge on any atom is -0.353 e. The zero-order valence-electron chi connectivity index (χ0n) is 14.6. The van der Waals surface area contributed by atoms with E-state index in [1.54, 1.807) is 24.3 Å². The smallest absolute Gasteiger partial charge is 0.253 e. The zero-order chi connectivity index (χ0) is 18.4. The lowest BCUT2D eigenvalue weighted by Crippen LogP contribution is -2.37. The normalized spacial score (nSPS) is 15.4. The third kappa shape index (κ3) is 4.85. The van der Waals surface area contributed by atoms with Crippen molar-refractivity contribution in [2.45, 2.75) is 44.2 Å². The van der Waals surface area contributed by atoms with E-state index in [2.05, 4.69) is 10.6 Å². The van der Waals surface area contributed by atoms with E-state index in [9.17, 15) is 9.59 Å². The number of amides is 2. The molecule has 5 heteroatoms. The Labute approximate surface area is 158 Å². The lowest BCUT2D eigenvalue weighted by atomic mass is 10.0. The molecule has 0 heterocycles. The fraction of sp³-hybridized carbons (Fsp3) is 0.333. The molecule has 1 aliphatic rings. The van der Waals surface area contributed by atoms with Gasteiger partial charge in [0.05, 0.1) is 23.0 Å². The summed E-state index contributed by atoms with van der Waals surface area (Å²) in [6.45, 7) is 0. The molecular formula is C21H23ClN2O2. The third-order valence-corrected chi connectivity index (χ3v) is 5.07. The van der Waals surface area contributed by atoms with Gasteiger partial charge in [0.1, 0.15) is 0 Å². The standard InChI is InChI=1S/C21H23ClN2O2/c22-18-13-7-6-12-17(18)21(26)24-19(15-8-2-1-3-9-15)14-20(25)23-16-10-4-5-11-16/h1-3,6-9,12-13,16,19H,4-5,10-11,14H2,(H,23,25)(H,24,26)/t19-/m0/s1. The molecule has 0 saturated heterocycles. The third-order valence-electron chi connectivity index (χ3n) is 4.74. The average Bonchev–Trinajstić information content (AvgIpc) is 3.15. The number of hydrogen-bond acceptors (Lipinski definition) is 2. The van der Waals surface area contributed by atoms with Crippen molar-refractivity contribution in [1.82, 2.24) is 10.6 Å². The fourth-order valence-electron chi connectivity index (χ4n) is 3.36. The minimum atomic E-state index is -0.402. The van der Waals surface area contributed by atoms with E-state index in [0.717, 1.165) is 31.2 Å². The molecule has 0 bridgehead atoms. The van der Waals surface area contributed by atoms with Crippen molar-refractivity contribution in [1.29, 1.82) is 0 Å². The second kappa shape index (κ2) is 8.86. The Morgan fingerprint density at radius 2 is 1.65 bits per heavy atom. The molecule has 2 N–H and O–H groups in total. The molecule has 0 aliphatic heterocycles. The topological polar surface area (TPSA) is 58.2 Å². The van der Waals surface area contributed by atoms with E-state index in [0.29, 0.717) is 10.6 Å². The zero-order valence-corrected chi connectivity index (χ0v) is 15.3. The maximum Gasteiger partial charge on any atom is 0.253 e. The molecule has 26 heavy (non-hydrogen) atoms. The van der Waals surface area contributed by atoms with Gasteiger partial charge >= 0.3 is 0 Å². The first-order valence-corrected chi connectivity index (χ1v) is 9.41. The van der Waals surface area contributed by atoms with E-state index in [1.807, 2.05) is 30.3 Å². The van der Waals surface area contributed by atoms with Gasteiger partial charge in [-0.2, -0.15) is 0 Å². The molecule has 1 fully saturated rings. The van der Waals surface area contributed by atoms with Crippen molar-refractivity contribution >= 4 is 23.4 Å². The van der Waals surface area contributed by atoms with Crippen molar-refractivity contribution in [3.8, 4) is 0 Å². The van der Waals surface area contributed by atoms with Crippen LogP contribution >= 0.6 is 11.6 Å². The fourth-order valence-corrected chi connectivity index (χ4v) is 3.58. The van der Waals surface area contributed by atoms with Crippen LogP contribution in [-0.4, -0.2) is 17.9 Å². The first-order valence-electron chi connectivity index (χ1n) is 9.03. The summed E-state index contributed by atoms with van der Waals surface area (Å²) in [7, 11) is 0. The van der Waals surface area contributed by atoms with Gasteiger partial charge in [-0.1, -0.05) is 66.9 Å². The summed E-state index contributed by atoms with van der Waals surface area (Å²) < 4.78 is 0. The summed E-state index contributed by atoms with van der Waals surface area (Å²) in [5.41, 5.74) is 1.31. The Kier molecular flexibility index (Phi) is 6.29. The molecule has 1 atom stereocenters. The second-order valence-corrected chi connectivity index (χ2v) is 7.08. The number of carbonyl (C=O) groups excluding carboxylic acids is 2. The highest BCUT2D eigenvalue weighted by Crippen LogP contribution is 2.22. The number of halogens is 1. The maximum absolute atomic E-state index is 12.6. The van der Waals surface area contributed by atoms with Crippen molar-refractivity contribution in [2.24, 2.45) is 0 Å². The average molecular weight is 371 g/mol. The minimum absolute atomic E-state index is 0.0368. The summed E-state index contributed by atoms with van der Waals surface area (Å²) in [6, 6.07) is 16.3. The summed E-state index contributed by atoms with van der Waals surface area (Å²) >= 11 is 6.13. The molecule has 2 amide bonds. The highest BCUT2D eigenvalue weighted by atomic mass is 35.5. The first kappa shape index (κ1) is 18.5. The lowest BCUT2D eigenvalue weighted by Gasteiger charge is -2.21. The molecule has 4 nitrogen and oxygen atoms in total. The Morgan fingerprint density at radius 3 is 2.35 bits per heavy atom. The van der Waals surface area contributed by atoms with Crippen LogP contribution < -0.4 is 10.6 Å². The summed E-state index contributed by atoms with van der Waals surface area (Å²) in [4.78, 5) is 25.1. The maximum atomic E-state index is 12.6. The van der Waals surface area contributed by atoms with Gasteiger partial charge in [0, 0.05) is 6.04 Å². The van der Waals surface area contributed by atoms with Gasteiger partial charge < -0.3 is 10.6 Å². The Hall–Kier alpha value is -2.33. The highest BCUT2D eigenvalue weighted by molar-refractivity contribution is 6.33. The van der Waals surface area contributed by atoms with Crippen LogP contribution in [0, 0.1) is 0 Å². The van der Waals surface area contributed by atoms with E-state index < -0.39 is 6.04 Å². The highest BCUT2D eigenvalue weighted by Gasteiger charge is 2.23. The molecule has 3 rings (SSSR count). The van der Waals surface area contributed by atoms with E-state index in [4.69, 9.17) is 11.6 Å². The number of benzene rings is 2. The van der Waals surface area contributed by atoms with Crippen LogP contribution in [-0.2, 0) is 4.79 Å². The predicted octanol–water partition coefficient (Wildman–Crippen LogP) is 4.26. The molecular weight excluding hydrogens is 348 g/mol. The number of rotatable bonds is 6. The van der Waals surface area contributed by atoms with Gasteiger partial charge in [0.2, 0.25) is 5.91 Å². The molecule has 1 saturated carbocycles. The van der Waals surface area contributed by atoms with Gasteiger partial charge in [-0.15, -0.1) is 0 Å². The van der Waals surface area contributed by atoms with Crippen LogP contribution in [0.3, 0.4) is 0 Å². The van der Waals surface area contributed by atoms with E-state index in [-0.39, 0.29) is 24.3 Å². The van der Waals surface area contributed by atoms with Crippen LogP contribution in [0.15, 0.2) is 54.6 Å². The predicted molar refractivity (Wildman–Crippen MR) is 103 cm³/mol. The molecule has 2 aromatic carbocycles. The summed E-state index contributed by atoms with van der Waals surface area (Å²) in [5.74, 6) is -0.316. The van der Waals surface area contributed by atoms with Gasteiger partial charge in [-0.05, 0) is 30.5 Å². The lowest BCUT2D eigenvalue weighted by molar-refractivity contribution is -0.122. The van der Waals surface area contributed by atoms with Crippen molar-refractivity contribution in [3.05, 3.63) is 70.7 Å². The van der Waals surface area contributed by atoms with E-state index >= 15 is 0 Å². The van der Waals surface area contributed by atoms with Crippen LogP contribution in [0.25, 0.3) is 0 Å². The van der Waals surface area contributed by atoms with Crippen LogP contribution in [0.1, 0.15) is 54.1 Å². The van der Waals surface area contributed by atoms with Gasteiger partial charge in [0.15, 0.2) is 0 Å². The quantitative estimate of drug-likeness (QED) is 0.798. The van der Waals surface area contributed by atoms with Gasteiger partial charge in [-0.25, -0.2) is 0 Å². The van der Waals surface area contributed by atoms with Crippen molar-refractivity contribution < 1.29 is 9.59 Å². The molecule has 1 aliphatic carbocycles. The number of nitrogens with one attached hydrogen (secondary N) is 2. The van der Waals surface area contributed by atoms with Crippen molar-refractivity contribution in [2.75, 3.05) is 0 Å². The Bertz CT molecular complexity index is 758. The number of carbonyl (C=O) groups is 2. The van der Waals surface area contributed by atoms with Crippen molar-refractivity contribution in [3.63, 3.8) is 0 Å². The monoisotopic (exact) mass is 370 g/mol. The summed E-state index contributed by atoms with van der Waals surface area (Å²) in [5, 5.41) is 6.44. The van der Waals surface area contributed by atoms with Crippen LogP contribution in [0.4, 0.5) is 0 Å². The summed E-state index contributed by atoms with van der Waals surface area (Å²) in [6.07, 6.45) is 4.60. The number of hydrogen-bond donors (Lipinski definition) is 2. The van der Waals surface area contributed by atoms with Crippen LogP contribution in [0.5, 0.6) is 0 Å². The molecule has 0 radical (unpaired) electrons. The van der Waals surface area contributed by atoms with Crippen LogP contribution in [0.2, 0.25) is 5.02 Å². The molecule has 0 aromatic heterocycles. The van der Waals surface area contributed by atoms with Gasteiger partial charge in [0.25, 0.3) is 5.91 Å². The largest absolute Gasteiger partial charge is 0.353 e. The van der Waals surface area contributed by atoms with Gasteiger partial charge in [-0.3, -0.25) is 9.59 Å². The Balaban J connectivity index is 1.72. The van der Waals surface area contributed by atoms with E-state index in [1.165, 1.54) is 0 Å². The second-order valence-electron chi connectivity index (χ2n) is 6.67.